The van der Waals surface area contributed by atoms with Gasteiger partial charge in [0.25, 0.3) is 0 Å². The normalized spacial score (nSPS) is 19.6. The number of nitrogens with two attached hydrogens (primary N) is 1. The molecule has 6 nitrogen and oxygen atoms in total. The fraction of sp³-hybridized carbons (Fsp3) is 0.308. The van der Waals surface area contributed by atoms with E-state index in [0.29, 0.717) is 34.8 Å². The van der Waals surface area contributed by atoms with Gasteiger partial charge in [-0.15, -0.1) is 0 Å². The Hall–Kier alpha value is -3.86. The number of anilines is 1. The SMILES string of the molecule is COc1ccc([C@@H]2C(C#N)=C(N)N(c3c(F)cccc3F)C3=C2C(=O)CC(C)(C)C3)cc1OC. The van der Waals surface area contributed by atoms with Gasteiger partial charge in [-0.3, -0.25) is 9.69 Å². The zero-order valence-corrected chi connectivity index (χ0v) is 19.4. The lowest BCUT2D eigenvalue weighted by Crippen LogP contribution is -2.42. The van der Waals surface area contributed by atoms with Crippen molar-refractivity contribution in [2.75, 3.05) is 19.1 Å². The first-order valence-electron chi connectivity index (χ1n) is 10.8. The highest BCUT2D eigenvalue weighted by Gasteiger charge is 2.45. The third kappa shape index (κ3) is 3.67. The van der Waals surface area contributed by atoms with Crippen molar-refractivity contribution in [2.45, 2.75) is 32.6 Å². The maximum Gasteiger partial charge on any atom is 0.162 e. The molecule has 0 bridgehead atoms. The molecule has 0 fully saturated rings. The van der Waals surface area contributed by atoms with E-state index in [1.54, 1.807) is 18.2 Å². The molecule has 0 saturated heterocycles. The first-order valence-corrected chi connectivity index (χ1v) is 10.8. The number of hydrogen-bond donors (Lipinski definition) is 1. The molecule has 0 spiro atoms. The van der Waals surface area contributed by atoms with Crippen LogP contribution < -0.4 is 20.1 Å². The summed E-state index contributed by atoms with van der Waals surface area (Å²) in [5.74, 6) is -1.90. The molecular weight excluding hydrogens is 440 g/mol. The lowest BCUT2D eigenvalue weighted by Gasteiger charge is -2.43. The van der Waals surface area contributed by atoms with Gasteiger partial charge in [-0.25, -0.2) is 8.78 Å². The highest BCUT2D eigenvalue weighted by molar-refractivity contribution is 6.01. The summed E-state index contributed by atoms with van der Waals surface area (Å²) in [6, 6.07) is 10.7. The number of carbonyl (C=O) groups is 1. The topological polar surface area (TPSA) is 88.6 Å². The van der Waals surface area contributed by atoms with Crippen LogP contribution in [0.15, 0.2) is 59.1 Å². The van der Waals surface area contributed by atoms with Crippen LogP contribution in [0.5, 0.6) is 11.5 Å². The third-order valence-electron chi connectivity index (χ3n) is 6.28. The van der Waals surface area contributed by atoms with E-state index in [2.05, 4.69) is 6.07 Å². The quantitative estimate of drug-likeness (QED) is 0.689. The number of benzene rings is 2. The number of para-hydroxylation sites is 1. The van der Waals surface area contributed by atoms with E-state index in [1.165, 1.54) is 25.2 Å². The van der Waals surface area contributed by atoms with Crippen LogP contribution in [0, 0.1) is 28.4 Å². The number of rotatable bonds is 4. The number of ketones is 1. The van der Waals surface area contributed by atoms with Gasteiger partial charge in [0.2, 0.25) is 0 Å². The van der Waals surface area contributed by atoms with Gasteiger partial charge in [0.1, 0.15) is 23.1 Å². The molecule has 176 valence electrons. The number of nitrogens with zero attached hydrogens (tertiary/aromatic N) is 2. The number of allylic oxidation sites excluding steroid dienone is 3. The van der Waals surface area contributed by atoms with Crippen LogP contribution in [0.1, 0.15) is 38.2 Å². The van der Waals surface area contributed by atoms with Crippen LogP contribution in [0.2, 0.25) is 0 Å². The van der Waals surface area contributed by atoms with E-state index < -0.39 is 28.7 Å². The first-order chi connectivity index (χ1) is 16.1. The standard InChI is InChI=1S/C26H25F2N3O3/c1-26(2)11-18-23(19(32)12-26)22(14-8-9-20(33-3)21(10-14)34-4)15(13-29)25(30)31(18)24-16(27)6-5-7-17(24)28/h5-10,22H,11-12,30H2,1-4H3/t22-/m1/s1. The van der Waals surface area contributed by atoms with E-state index in [1.807, 2.05) is 13.8 Å². The molecule has 4 rings (SSSR count). The van der Waals surface area contributed by atoms with Gasteiger partial charge in [-0.05, 0) is 41.7 Å². The average molecular weight is 466 g/mol. The second kappa shape index (κ2) is 8.49. The number of methoxy groups -OCH3 is 2. The largest absolute Gasteiger partial charge is 0.493 e. The number of carbonyl (C=O) groups excluding carboxylic acids is 1. The summed E-state index contributed by atoms with van der Waals surface area (Å²) in [6.07, 6.45) is 0.562. The predicted octanol–water partition coefficient (Wildman–Crippen LogP) is 4.92. The molecule has 34 heavy (non-hydrogen) atoms. The molecule has 0 saturated carbocycles. The number of halogens is 2. The molecule has 0 amide bonds. The molecule has 0 radical (unpaired) electrons. The van der Waals surface area contributed by atoms with E-state index in [0.717, 1.165) is 12.1 Å². The van der Waals surface area contributed by atoms with Crippen molar-refractivity contribution in [3.8, 4) is 17.6 Å². The maximum atomic E-state index is 14.9. The molecule has 8 heteroatoms. The van der Waals surface area contributed by atoms with E-state index in [9.17, 15) is 18.8 Å². The fourth-order valence-electron chi connectivity index (χ4n) is 4.83. The van der Waals surface area contributed by atoms with Crippen LogP contribution in [0.25, 0.3) is 0 Å². The van der Waals surface area contributed by atoms with Gasteiger partial charge in [0.15, 0.2) is 17.3 Å². The molecule has 0 aromatic heterocycles. The van der Waals surface area contributed by atoms with Crippen LogP contribution in [-0.4, -0.2) is 20.0 Å². The van der Waals surface area contributed by atoms with Gasteiger partial charge in [-0.2, -0.15) is 5.26 Å². The number of Topliss-reactive ketones (excluding diaryl/α,β-unsaturated/α-hetero) is 1. The van der Waals surface area contributed by atoms with E-state index in [4.69, 9.17) is 15.2 Å². The Labute approximate surface area is 196 Å². The zero-order chi connectivity index (χ0) is 24.8. The van der Waals surface area contributed by atoms with Gasteiger partial charge < -0.3 is 15.2 Å². The smallest absolute Gasteiger partial charge is 0.162 e. The first kappa shape index (κ1) is 23.3. The van der Waals surface area contributed by atoms with Crippen molar-refractivity contribution in [1.29, 1.82) is 5.26 Å². The summed E-state index contributed by atoms with van der Waals surface area (Å²) in [5.41, 5.74) is 6.89. The number of nitriles is 1. The molecule has 1 aliphatic heterocycles. The number of ether oxygens (including phenoxy) is 2. The third-order valence-corrected chi connectivity index (χ3v) is 6.28. The summed E-state index contributed by atoms with van der Waals surface area (Å²) < 4.78 is 40.5. The van der Waals surface area contributed by atoms with Crippen molar-refractivity contribution < 1.29 is 23.0 Å². The van der Waals surface area contributed by atoms with Gasteiger partial charge in [0.05, 0.1) is 31.8 Å². The molecule has 2 N–H and O–H groups in total. The highest BCUT2D eigenvalue weighted by atomic mass is 19.1. The zero-order valence-electron chi connectivity index (χ0n) is 19.4. The minimum absolute atomic E-state index is 0.0293. The van der Waals surface area contributed by atoms with Crippen molar-refractivity contribution in [3.63, 3.8) is 0 Å². The maximum absolute atomic E-state index is 14.9. The minimum atomic E-state index is -0.840. The van der Waals surface area contributed by atoms with Crippen LogP contribution in [0.3, 0.4) is 0 Å². The summed E-state index contributed by atoms with van der Waals surface area (Å²) in [7, 11) is 2.99. The van der Waals surface area contributed by atoms with E-state index >= 15 is 0 Å². The molecule has 2 aromatic carbocycles. The fourth-order valence-corrected chi connectivity index (χ4v) is 4.83. The second-order valence-corrected chi connectivity index (χ2v) is 9.17. The van der Waals surface area contributed by atoms with Crippen molar-refractivity contribution >= 4 is 11.5 Å². The average Bonchev–Trinajstić information content (AvgIpc) is 2.78. The van der Waals surface area contributed by atoms with Gasteiger partial charge in [0, 0.05) is 17.7 Å². The van der Waals surface area contributed by atoms with Crippen LogP contribution in [0.4, 0.5) is 14.5 Å². The van der Waals surface area contributed by atoms with Crippen LogP contribution >= 0.6 is 0 Å². The molecular formula is C26H25F2N3O3. The summed E-state index contributed by atoms with van der Waals surface area (Å²) >= 11 is 0. The lowest BCUT2D eigenvalue weighted by atomic mass is 9.68. The van der Waals surface area contributed by atoms with Crippen molar-refractivity contribution in [1.82, 2.24) is 0 Å². The Morgan fingerprint density at radius 1 is 1.09 bits per heavy atom. The molecule has 2 aliphatic rings. The highest BCUT2D eigenvalue weighted by Crippen LogP contribution is 2.51. The molecule has 0 unspecified atom stereocenters. The molecule has 1 aliphatic carbocycles. The Bertz CT molecular complexity index is 1270. The predicted molar refractivity (Wildman–Crippen MR) is 123 cm³/mol. The Morgan fingerprint density at radius 2 is 1.74 bits per heavy atom. The second-order valence-electron chi connectivity index (χ2n) is 9.17. The van der Waals surface area contributed by atoms with Gasteiger partial charge in [-0.1, -0.05) is 26.0 Å². The molecule has 1 atom stereocenters. The summed E-state index contributed by atoms with van der Waals surface area (Å²) in [5, 5.41) is 10.1. The summed E-state index contributed by atoms with van der Waals surface area (Å²) in [6.45, 7) is 3.82. The molecule has 1 heterocycles. The van der Waals surface area contributed by atoms with Crippen molar-refractivity contribution in [2.24, 2.45) is 11.1 Å². The van der Waals surface area contributed by atoms with Gasteiger partial charge >= 0.3 is 0 Å². The monoisotopic (exact) mass is 465 g/mol. The minimum Gasteiger partial charge on any atom is -0.493 e. The van der Waals surface area contributed by atoms with Crippen molar-refractivity contribution in [3.05, 3.63) is 76.3 Å². The number of hydrogen-bond acceptors (Lipinski definition) is 6. The molecule has 2 aromatic rings. The Kier molecular flexibility index (Phi) is 5.82. The van der Waals surface area contributed by atoms with Crippen LogP contribution in [-0.2, 0) is 4.79 Å². The lowest BCUT2D eigenvalue weighted by molar-refractivity contribution is -0.118. The van der Waals surface area contributed by atoms with E-state index in [-0.39, 0.29) is 23.6 Å². The Morgan fingerprint density at radius 3 is 2.32 bits per heavy atom. The summed E-state index contributed by atoms with van der Waals surface area (Å²) in [4.78, 5) is 14.7. The Balaban J connectivity index is 2.04.